The van der Waals surface area contributed by atoms with Gasteiger partial charge in [0.2, 0.25) is 11.9 Å². The summed E-state index contributed by atoms with van der Waals surface area (Å²) in [5.74, 6) is 1.41. The van der Waals surface area contributed by atoms with Crippen LogP contribution in [0, 0.1) is 0 Å². The lowest BCUT2D eigenvalue weighted by atomic mass is 10.0. The lowest BCUT2D eigenvalue weighted by Crippen LogP contribution is -2.53. The van der Waals surface area contributed by atoms with E-state index in [0.717, 1.165) is 55.4 Å². The average Bonchev–Trinajstić information content (AvgIpc) is 3.22. The van der Waals surface area contributed by atoms with Crippen molar-refractivity contribution in [2.24, 2.45) is 0 Å². The highest BCUT2D eigenvalue weighted by atomic mass is 19.4. The fraction of sp³-hybridized carbons (Fsp3) is 0.545. The first-order valence-electron chi connectivity index (χ1n) is 11.2. The largest absolute Gasteiger partial charge is 0.433 e. The van der Waals surface area contributed by atoms with Crippen LogP contribution in [0.15, 0.2) is 18.3 Å². The molecular formula is C22H26F3N7O. The normalized spacial score (nSPS) is 24.6. The summed E-state index contributed by atoms with van der Waals surface area (Å²) in [6.07, 6.45) is 1.01. The minimum Gasteiger partial charge on any atom is -0.381 e. The second-order valence-corrected chi connectivity index (χ2v) is 8.97. The lowest BCUT2D eigenvalue weighted by Gasteiger charge is -2.41. The maximum Gasteiger partial charge on any atom is 0.433 e. The number of likely N-dealkylation sites (N-methyl/N-ethyl adjacent to an activating group) is 1. The van der Waals surface area contributed by atoms with Crippen LogP contribution in [0.3, 0.4) is 0 Å². The minimum absolute atomic E-state index is 0.0812. The number of aryl methyl sites for hydroxylation is 1. The van der Waals surface area contributed by atoms with E-state index in [1.165, 1.54) is 12.3 Å². The molecule has 8 nitrogen and oxygen atoms in total. The van der Waals surface area contributed by atoms with Crippen LogP contribution < -0.4 is 20.4 Å². The van der Waals surface area contributed by atoms with E-state index >= 15 is 0 Å². The van der Waals surface area contributed by atoms with E-state index in [2.05, 4.69) is 15.6 Å². The van der Waals surface area contributed by atoms with Gasteiger partial charge in [-0.25, -0.2) is 9.97 Å². The molecular weight excluding hydrogens is 435 g/mol. The van der Waals surface area contributed by atoms with Crippen LogP contribution in [0.1, 0.15) is 44.0 Å². The van der Waals surface area contributed by atoms with Crippen molar-refractivity contribution < 1.29 is 18.0 Å². The second-order valence-electron chi connectivity index (χ2n) is 8.97. The third-order valence-electron chi connectivity index (χ3n) is 6.73. The van der Waals surface area contributed by atoms with E-state index in [-0.39, 0.29) is 24.0 Å². The van der Waals surface area contributed by atoms with Gasteiger partial charge in [-0.05, 0) is 51.2 Å². The molecule has 11 heteroatoms. The molecule has 1 unspecified atom stereocenters. The third kappa shape index (κ3) is 4.04. The van der Waals surface area contributed by atoms with Crippen molar-refractivity contribution in [3.8, 4) is 0 Å². The lowest BCUT2D eigenvalue weighted by molar-refractivity contribution is -0.141. The van der Waals surface area contributed by atoms with Gasteiger partial charge >= 0.3 is 6.18 Å². The zero-order chi connectivity index (χ0) is 23.3. The Labute approximate surface area is 189 Å². The van der Waals surface area contributed by atoms with E-state index in [4.69, 9.17) is 9.97 Å². The van der Waals surface area contributed by atoms with Crippen LogP contribution in [-0.2, 0) is 17.4 Å². The van der Waals surface area contributed by atoms with Crippen LogP contribution in [-0.4, -0.2) is 52.6 Å². The average molecular weight is 461 g/mol. The fourth-order valence-corrected chi connectivity index (χ4v) is 4.87. The fourth-order valence-electron chi connectivity index (χ4n) is 4.87. The van der Waals surface area contributed by atoms with Crippen LogP contribution in [0.4, 0.5) is 36.3 Å². The van der Waals surface area contributed by atoms with Crippen molar-refractivity contribution in [1.29, 1.82) is 0 Å². The van der Waals surface area contributed by atoms with Gasteiger partial charge in [0.1, 0.15) is 17.4 Å². The highest BCUT2D eigenvalue weighted by Crippen LogP contribution is 2.40. The van der Waals surface area contributed by atoms with Crippen LogP contribution in [0.25, 0.3) is 0 Å². The summed E-state index contributed by atoms with van der Waals surface area (Å²) in [5, 5.41) is 6.72. The molecule has 3 atom stereocenters. The van der Waals surface area contributed by atoms with Gasteiger partial charge in [-0.3, -0.25) is 4.79 Å². The summed E-state index contributed by atoms with van der Waals surface area (Å²) >= 11 is 0. The first-order valence-corrected chi connectivity index (χ1v) is 11.2. The third-order valence-corrected chi connectivity index (χ3v) is 6.73. The highest BCUT2D eigenvalue weighted by molar-refractivity contribution is 6.05. The van der Waals surface area contributed by atoms with E-state index < -0.39 is 11.9 Å². The molecule has 176 valence electrons. The molecule has 2 aliphatic heterocycles. The number of nitrogens with one attached hydrogen (secondary N) is 2. The molecule has 2 aromatic rings. The molecule has 2 N–H and O–H groups in total. The molecule has 3 aliphatic rings. The van der Waals surface area contributed by atoms with Gasteiger partial charge in [-0.2, -0.15) is 18.2 Å². The number of carbonyl (C=O) groups is 1. The Bertz CT molecular complexity index is 1060. The molecule has 0 saturated heterocycles. The first-order chi connectivity index (χ1) is 15.7. The van der Waals surface area contributed by atoms with Gasteiger partial charge in [0.15, 0.2) is 5.82 Å². The monoisotopic (exact) mass is 461 g/mol. The molecule has 1 amide bonds. The molecule has 1 aliphatic carbocycles. The van der Waals surface area contributed by atoms with E-state index in [1.807, 2.05) is 23.8 Å². The summed E-state index contributed by atoms with van der Waals surface area (Å²) in [6, 6.07) is 2.39. The molecule has 1 saturated carbocycles. The molecule has 0 spiro atoms. The second kappa shape index (κ2) is 8.03. The topological polar surface area (TPSA) is 86.3 Å². The van der Waals surface area contributed by atoms with E-state index in [9.17, 15) is 18.0 Å². The van der Waals surface area contributed by atoms with Gasteiger partial charge in [-0.1, -0.05) is 0 Å². The molecule has 0 radical (unpaired) electrons. The van der Waals surface area contributed by atoms with Crippen molar-refractivity contribution >= 4 is 29.0 Å². The predicted octanol–water partition coefficient (Wildman–Crippen LogP) is 3.45. The standard InChI is InChI=1S/C22H26F3N7O/c1-12-20(33)32-9-3-4-16-18(32)19(31(12)2)30-21(29-16)28-14-6-5-13(10-14)27-15-7-8-17(26-11-15)22(23,24)25/h7-8,11-14,27H,3-6,9-10H2,1-2H3,(H,28,29,30)/t12-,13?,14-/m0/s1. The Morgan fingerprint density at radius 1 is 1.12 bits per heavy atom. The molecule has 0 aromatic carbocycles. The summed E-state index contributed by atoms with van der Waals surface area (Å²) in [6.45, 7) is 2.58. The quantitative estimate of drug-likeness (QED) is 0.721. The first kappa shape index (κ1) is 21.7. The van der Waals surface area contributed by atoms with Crippen molar-refractivity contribution in [3.63, 3.8) is 0 Å². The molecule has 2 aromatic heterocycles. The molecule has 33 heavy (non-hydrogen) atoms. The number of pyridine rings is 1. The minimum atomic E-state index is -4.44. The number of aromatic nitrogens is 3. The summed E-state index contributed by atoms with van der Waals surface area (Å²) in [7, 11) is 1.88. The number of anilines is 4. The molecule has 4 heterocycles. The van der Waals surface area contributed by atoms with Crippen molar-refractivity contribution in [2.75, 3.05) is 34.0 Å². The van der Waals surface area contributed by atoms with Crippen molar-refractivity contribution in [1.82, 2.24) is 15.0 Å². The van der Waals surface area contributed by atoms with Crippen molar-refractivity contribution in [3.05, 3.63) is 29.7 Å². The summed E-state index contributed by atoms with van der Waals surface area (Å²) < 4.78 is 38.1. The van der Waals surface area contributed by atoms with Crippen LogP contribution in [0.2, 0.25) is 0 Å². The van der Waals surface area contributed by atoms with Crippen LogP contribution in [0.5, 0.6) is 0 Å². The molecule has 1 fully saturated rings. The van der Waals surface area contributed by atoms with E-state index in [1.54, 1.807) is 0 Å². The number of hydrogen-bond donors (Lipinski definition) is 2. The Kier molecular flexibility index (Phi) is 5.29. The highest BCUT2D eigenvalue weighted by Gasteiger charge is 2.39. The van der Waals surface area contributed by atoms with Gasteiger partial charge in [-0.15, -0.1) is 0 Å². The zero-order valence-corrected chi connectivity index (χ0v) is 18.5. The van der Waals surface area contributed by atoms with Gasteiger partial charge in [0, 0.05) is 25.7 Å². The smallest absolute Gasteiger partial charge is 0.381 e. The number of alkyl halides is 3. The summed E-state index contributed by atoms with van der Waals surface area (Å²) in [4.78, 5) is 29.4. The van der Waals surface area contributed by atoms with Crippen molar-refractivity contribution in [2.45, 2.75) is 63.3 Å². The maximum atomic E-state index is 12.7. The Morgan fingerprint density at radius 2 is 1.88 bits per heavy atom. The summed E-state index contributed by atoms with van der Waals surface area (Å²) in [5.41, 5.74) is 1.40. The van der Waals surface area contributed by atoms with Crippen LogP contribution >= 0.6 is 0 Å². The number of hydrogen-bond acceptors (Lipinski definition) is 7. The molecule has 5 rings (SSSR count). The predicted molar refractivity (Wildman–Crippen MR) is 118 cm³/mol. The number of amides is 1. The van der Waals surface area contributed by atoms with Gasteiger partial charge in [0.25, 0.3) is 0 Å². The number of rotatable bonds is 4. The van der Waals surface area contributed by atoms with E-state index in [0.29, 0.717) is 18.2 Å². The molecule has 0 bridgehead atoms. The number of carbonyl (C=O) groups excluding carboxylic acids is 1. The Hall–Kier alpha value is -3.11. The Morgan fingerprint density at radius 3 is 2.58 bits per heavy atom. The maximum absolute atomic E-state index is 12.7. The number of nitrogens with zero attached hydrogens (tertiary/aromatic N) is 5. The SMILES string of the molecule is C[C@H]1C(=O)N2CCCc3nc(N[C@H]4CCC(Nc5ccc(C(F)(F)F)nc5)C4)nc(c32)N1C. The van der Waals surface area contributed by atoms with Gasteiger partial charge < -0.3 is 20.4 Å². The number of halogens is 3. The van der Waals surface area contributed by atoms with Gasteiger partial charge in [0.05, 0.1) is 17.6 Å². The Balaban J connectivity index is 1.27. The zero-order valence-electron chi connectivity index (χ0n) is 18.5.